The van der Waals surface area contributed by atoms with E-state index in [1.807, 2.05) is 0 Å². The van der Waals surface area contributed by atoms with Gasteiger partial charge in [-0.25, -0.2) is 5.01 Å². The fraction of sp³-hybridized carbons (Fsp3) is 0.714. The summed E-state index contributed by atoms with van der Waals surface area (Å²) in [5.74, 6) is 0.153. The Kier molecular flexibility index (Phi) is 0.938. The maximum absolute atomic E-state index is 11.1. The van der Waals surface area contributed by atoms with E-state index in [0.717, 1.165) is 12.8 Å². The highest BCUT2D eigenvalue weighted by Crippen LogP contribution is 2.42. The predicted molar refractivity (Wildman–Crippen MR) is 37.6 cm³/mol. The van der Waals surface area contributed by atoms with Crippen molar-refractivity contribution in [2.75, 3.05) is 0 Å². The van der Waals surface area contributed by atoms with Crippen molar-refractivity contribution >= 4 is 12.1 Å². The lowest BCUT2D eigenvalue weighted by molar-refractivity contribution is -0.131. The van der Waals surface area contributed by atoms with Gasteiger partial charge < -0.3 is 0 Å². The van der Waals surface area contributed by atoms with Crippen LogP contribution in [0.2, 0.25) is 0 Å². The van der Waals surface area contributed by atoms with E-state index in [-0.39, 0.29) is 11.4 Å². The lowest BCUT2D eigenvalue weighted by atomic mass is 10.3. The molecular weight excluding hydrogens is 128 g/mol. The molecule has 1 heterocycles. The molecule has 0 N–H and O–H groups in total. The summed E-state index contributed by atoms with van der Waals surface area (Å²) < 4.78 is 0. The minimum Gasteiger partial charge on any atom is -0.273 e. The SMILES string of the molecule is CC1(N2N=CCC2=O)CC1. The number of amides is 1. The third-order valence-electron chi connectivity index (χ3n) is 2.18. The van der Waals surface area contributed by atoms with Gasteiger partial charge in [0.1, 0.15) is 0 Å². The molecule has 1 amide bonds. The second-order valence-corrected chi connectivity index (χ2v) is 3.20. The first-order valence-electron chi connectivity index (χ1n) is 3.58. The number of hydrogen-bond donors (Lipinski definition) is 0. The van der Waals surface area contributed by atoms with Crippen LogP contribution in [0, 0.1) is 0 Å². The first kappa shape index (κ1) is 5.89. The van der Waals surface area contributed by atoms with Crippen LogP contribution in [-0.4, -0.2) is 22.7 Å². The zero-order valence-corrected chi connectivity index (χ0v) is 6.00. The van der Waals surface area contributed by atoms with Crippen LogP contribution in [0.1, 0.15) is 26.2 Å². The summed E-state index contributed by atoms with van der Waals surface area (Å²) >= 11 is 0. The molecule has 0 radical (unpaired) electrons. The molecule has 2 rings (SSSR count). The molecule has 0 aromatic rings. The smallest absolute Gasteiger partial charge is 0.248 e. The van der Waals surface area contributed by atoms with Gasteiger partial charge in [0, 0.05) is 6.21 Å². The molecule has 10 heavy (non-hydrogen) atoms. The highest BCUT2D eigenvalue weighted by atomic mass is 16.2. The Morgan fingerprint density at radius 3 is 2.80 bits per heavy atom. The Labute approximate surface area is 59.7 Å². The molecule has 54 valence electrons. The molecule has 0 spiro atoms. The quantitative estimate of drug-likeness (QED) is 0.526. The molecule has 0 unspecified atom stereocenters. The summed E-state index contributed by atoms with van der Waals surface area (Å²) in [5, 5.41) is 5.64. The molecular formula is C7H10N2O. The van der Waals surface area contributed by atoms with Gasteiger partial charge in [0.25, 0.3) is 0 Å². The summed E-state index contributed by atoms with van der Waals surface area (Å²) in [6.07, 6.45) is 4.40. The molecule has 0 aromatic carbocycles. The van der Waals surface area contributed by atoms with Gasteiger partial charge in [-0.15, -0.1) is 0 Å². The van der Waals surface area contributed by atoms with Crippen molar-refractivity contribution in [1.82, 2.24) is 5.01 Å². The van der Waals surface area contributed by atoms with Crippen LogP contribution in [0.25, 0.3) is 0 Å². The maximum atomic E-state index is 11.1. The van der Waals surface area contributed by atoms with Gasteiger partial charge in [-0.3, -0.25) is 4.79 Å². The molecule has 0 saturated heterocycles. The fourth-order valence-corrected chi connectivity index (χ4v) is 1.18. The summed E-state index contributed by atoms with van der Waals surface area (Å²) in [5.41, 5.74) is 0.0874. The van der Waals surface area contributed by atoms with Gasteiger partial charge >= 0.3 is 0 Å². The first-order valence-corrected chi connectivity index (χ1v) is 3.58. The van der Waals surface area contributed by atoms with Crippen LogP contribution >= 0.6 is 0 Å². The van der Waals surface area contributed by atoms with E-state index in [0.29, 0.717) is 6.42 Å². The zero-order valence-electron chi connectivity index (χ0n) is 6.00. The van der Waals surface area contributed by atoms with E-state index >= 15 is 0 Å². The highest BCUT2D eigenvalue weighted by Gasteiger charge is 2.47. The number of nitrogens with zero attached hydrogens (tertiary/aromatic N) is 2. The normalized spacial score (nSPS) is 27.7. The Morgan fingerprint density at radius 2 is 2.40 bits per heavy atom. The van der Waals surface area contributed by atoms with Gasteiger partial charge in [0.2, 0.25) is 5.91 Å². The maximum Gasteiger partial charge on any atom is 0.248 e. The summed E-state index contributed by atoms with van der Waals surface area (Å²) in [6.45, 7) is 2.08. The number of hydrogen-bond acceptors (Lipinski definition) is 2. The van der Waals surface area contributed by atoms with Crippen molar-refractivity contribution in [2.24, 2.45) is 5.10 Å². The Hall–Kier alpha value is -0.860. The number of rotatable bonds is 1. The second-order valence-electron chi connectivity index (χ2n) is 3.20. The lowest BCUT2D eigenvalue weighted by Gasteiger charge is -2.18. The average molecular weight is 138 g/mol. The van der Waals surface area contributed by atoms with Gasteiger partial charge in [-0.2, -0.15) is 5.10 Å². The van der Waals surface area contributed by atoms with E-state index in [1.165, 1.54) is 0 Å². The minimum atomic E-state index is 0.0874. The molecule has 1 fully saturated rings. The van der Waals surface area contributed by atoms with Crippen LogP contribution in [0.3, 0.4) is 0 Å². The molecule has 1 saturated carbocycles. The third-order valence-corrected chi connectivity index (χ3v) is 2.18. The van der Waals surface area contributed by atoms with Crippen molar-refractivity contribution in [3.05, 3.63) is 0 Å². The molecule has 1 aliphatic heterocycles. The summed E-state index contributed by atoms with van der Waals surface area (Å²) in [6, 6.07) is 0. The number of carbonyl (C=O) groups excluding carboxylic acids is 1. The van der Waals surface area contributed by atoms with Gasteiger partial charge in [0.15, 0.2) is 0 Å². The van der Waals surface area contributed by atoms with E-state index in [4.69, 9.17) is 0 Å². The summed E-state index contributed by atoms with van der Waals surface area (Å²) in [7, 11) is 0. The van der Waals surface area contributed by atoms with Crippen molar-refractivity contribution in [1.29, 1.82) is 0 Å². The average Bonchev–Trinajstić information content (AvgIpc) is 2.44. The molecule has 3 nitrogen and oxygen atoms in total. The number of carbonyl (C=O) groups is 1. The van der Waals surface area contributed by atoms with Gasteiger partial charge in [-0.05, 0) is 19.8 Å². The van der Waals surface area contributed by atoms with Crippen LogP contribution in [0.15, 0.2) is 5.10 Å². The first-order chi connectivity index (χ1) is 4.72. The van der Waals surface area contributed by atoms with E-state index in [1.54, 1.807) is 11.2 Å². The van der Waals surface area contributed by atoms with Crippen molar-refractivity contribution in [3.8, 4) is 0 Å². The fourth-order valence-electron chi connectivity index (χ4n) is 1.18. The molecule has 2 aliphatic rings. The summed E-state index contributed by atoms with van der Waals surface area (Å²) in [4.78, 5) is 11.1. The van der Waals surface area contributed by atoms with Gasteiger partial charge in [0.05, 0.1) is 12.0 Å². The van der Waals surface area contributed by atoms with E-state index < -0.39 is 0 Å². The molecule has 0 bridgehead atoms. The van der Waals surface area contributed by atoms with E-state index in [9.17, 15) is 4.79 Å². The monoisotopic (exact) mass is 138 g/mol. The van der Waals surface area contributed by atoms with E-state index in [2.05, 4.69) is 12.0 Å². The van der Waals surface area contributed by atoms with Crippen molar-refractivity contribution < 1.29 is 4.79 Å². The topological polar surface area (TPSA) is 32.7 Å². The molecule has 0 atom stereocenters. The van der Waals surface area contributed by atoms with Crippen LogP contribution < -0.4 is 0 Å². The van der Waals surface area contributed by atoms with Crippen molar-refractivity contribution in [2.45, 2.75) is 31.7 Å². The van der Waals surface area contributed by atoms with Crippen LogP contribution in [0.4, 0.5) is 0 Å². The standard InChI is InChI=1S/C7H10N2O/c1-7(3-4-7)9-6(10)2-5-8-9/h5H,2-4H2,1H3. The largest absolute Gasteiger partial charge is 0.273 e. The van der Waals surface area contributed by atoms with Crippen LogP contribution in [0.5, 0.6) is 0 Å². The Morgan fingerprint density at radius 1 is 1.70 bits per heavy atom. The Bertz CT molecular complexity index is 206. The Balaban J connectivity index is 2.17. The molecule has 3 heteroatoms. The second kappa shape index (κ2) is 1.59. The van der Waals surface area contributed by atoms with Gasteiger partial charge in [-0.1, -0.05) is 0 Å². The molecule has 0 aromatic heterocycles. The highest BCUT2D eigenvalue weighted by molar-refractivity contribution is 5.94. The minimum absolute atomic E-state index is 0.0874. The lowest BCUT2D eigenvalue weighted by Crippen LogP contribution is -2.32. The van der Waals surface area contributed by atoms with Crippen molar-refractivity contribution in [3.63, 3.8) is 0 Å². The third kappa shape index (κ3) is 0.664. The zero-order chi connectivity index (χ0) is 7.19. The predicted octanol–water partition coefficient (Wildman–Crippen LogP) is 0.757. The molecule has 1 aliphatic carbocycles. The number of hydrazone groups is 1. The van der Waals surface area contributed by atoms with Crippen LogP contribution in [-0.2, 0) is 4.79 Å².